The van der Waals surface area contributed by atoms with Gasteiger partial charge in [0.25, 0.3) is 5.91 Å². The minimum atomic E-state index is -1.52. The fourth-order valence-corrected chi connectivity index (χ4v) is 7.07. The van der Waals surface area contributed by atoms with Gasteiger partial charge in [-0.05, 0) is 66.9 Å². The Labute approximate surface area is 352 Å². The SMILES string of the molecule is C=C(F)CCC[C@@H]1C(=O)N[C@H](Cc2ccccc2)COc2ccc3ncc(F)cc3c2C(=O)N[C@H](C(=O)NCCc2nc(OC)no2)CC(=O)N(C)[C@@H](CC(C)C)C(=O)N1C. The molecule has 0 spiro atoms. The highest BCUT2D eigenvalue weighted by Crippen LogP contribution is 2.29. The van der Waals surface area contributed by atoms with E-state index < -0.39 is 71.8 Å². The average molecular weight is 847 g/mol. The molecule has 0 unspecified atom stereocenters. The van der Waals surface area contributed by atoms with Crippen molar-refractivity contribution in [1.29, 1.82) is 0 Å². The number of ether oxygens (including phenoxy) is 2. The first kappa shape index (κ1) is 45.6. The normalized spacial score (nSPS) is 19.5. The third-order valence-corrected chi connectivity index (χ3v) is 10.3. The Morgan fingerprint density at radius 3 is 2.51 bits per heavy atom. The fraction of sp³-hybridized carbons (Fsp3) is 0.442. The molecule has 18 heteroatoms. The summed E-state index contributed by atoms with van der Waals surface area (Å²) in [5.41, 5.74) is 0.902. The number of hydrogen-bond acceptors (Lipinski definition) is 11. The fourth-order valence-electron chi connectivity index (χ4n) is 7.07. The topological polar surface area (TPSA) is 198 Å². The number of rotatable bonds is 13. The number of fused-ring (bicyclic) bond motifs is 3. The molecule has 1 aliphatic heterocycles. The molecular weight excluding hydrogens is 795 g/mol. The molecule has 1 aliphatic rings. The van der Waals surface area contributed by atoms with Gasteiger partial charge in [-0.3, -0.25) is 29.0 Å². The van der Waals surface area contributed by atoms with Gasteiger partial charge in [-0.25, -0.2) is 8.78 Å². The molecule has 2 aromatic heterocycles. The molecule has 0 aliphatic carbocycles. The van der Waals surface area contributed by atoms with Crippen LogP contribution in [0.15, 0.2) is 71.7 Å². The maximum Gasteiger partial charge on any atom is 0.353 e. The van der Waals surface area contributed by atoms with E-state index in [9.17, 15) is 32.8 Å². The lowest BCUT2D eigenvalue weighted by Gasteiger charge is -2.36. The van der Waals surface area contributed by atoms with Crippen LogP contribution in [0.4, 0.5) is 8.78 Å². The number of methoxy groups -OCH3 is 1. The summed E-state index contributed by atoms with van der Waals surface area (Å²) in [6.07, 6.45) is 1.12. The van der Waals surface area contributed by atoms with Crippen molar-refractivity contribution in [3.63, 3.8) is 0 Å². The lowest BCUT2D eigenvalue weighted by Crippen LogP contribution is -2.57. The largest absolute Gasteiger partial charge is 0.491 e. The van der Waals surface area contributed by atoms with E-state index in [0.29, 0.717) is 0 Å². The van der Waals surface area contributed by atoms with Crippen LogP contribution in [0, 0.1) is 11.7 Å². The lowest BCUT2D eigenvalue weighted by atomic mass is 9.98. The molecule has 0 fully saturated rings. The Morgan fingerprint density at radius 1 is 1.07 bits per heavy atom. The van der Waals surface area contributed by atoms with Crippen molar-refractivity contribution in [2.75, 3.05) is 34.4 Å². The smallest absolute Gasteiger partial charge is 0.353 e. The first-order valence-corrected chi connectivity index (χ1v) is 20.0. The molecule has 3 heterocycles. The van der Waals surface area contributed by atoms with Crippen LogP contribution in [0.25, 0.3) is 10.9 Å². The first-order chi connectivity index (χ1) is 29.1. The van der Waals surface area contributed by atoms with Gasteiger partial charge in [0.15, 0.2) is 0 Å². The monoisotopic (exact) mass is 846 g/mol. The second-order valence-corrected chi connectivity index (χ2v) is 15.3. The number of likely N-dealkylation sites (N-methyl/N-ethyl adjacent to an activating group) is 2. The number of nitrogens with zero attached hydrogens (tertiary/aromatic N) is 5. The predicted octanol–water partition coefficient (Wildman–Crippen LogP) is 4.09. The zero-order valence-corrected chi connectivity index (χ0v) is 34.9. The number of carbonyl (C=O) groups is 5. The zero-order chi connectivity index (χ0) is 44.2. The van der Waals surface area contributed by atoms with Crippen molar-refractivity contribution >= 4 is 40.4 Å². The van der Waals surface area contributed by atoms with Crippen LogP contribution in [0.3, 0.4) is 0 Å². The van der Waals surface area contributed by atoms with Crippen molar-refractivity contribution in [3.05, 3.63) is 90.0 Å². The number of carbonyl (C=O) groups excluding carboxylic acids is 5. The number of benzene rings is 2. The van der Waals surface area contributed by atoms with Gasteiger partial charge >= 0.3 is 6.01 Å². The van der Waals surface area contributed by atoms with Crippen LogP contribution in [0.5, 0.6) is 11.8 Å². The van der Waals surface area contributed by atoms with E-state index in [4.69, 9.17) is 14.0 Å². The molecule has 5 rings (SSSR count). The number of hydrogen-bond donors (Lipinski definition) is 3. The minimum absolute atomic E-state index is 0.00541. The second-order valence-electron chi connectivity index (χ2n) is 15.3. The second kappa shape index (κ2) is 21.2. The summed E-state index contributed by atoms with van der Waals surface area (Å²) < 4.78 is 45.1. The van der Waals surface area contributed by atoms with Gasteiger partial charge in [-0.2, -0.15) is 4.98 Å². The molecule has 0 saturated heterocycles. The van der Waals surface area contributed by atoms with Gasteiger partial charge in [-0.1, -0.05) is 50.8 Å². The Kier molecular flexibility index (Phi) is 15.8. The quantitative estimate of drug-likeness (QED) is 0.175. The molecule has 0 saturated carbocycles. The van der Waals surface area contributed by atoms with E-state index in [1.165, 1.54) is 43.1 Å². The first-order valence-electron chi connectivity index (χ1n) is 20.0. The maximum absolute atomic E-state index is 14.8. The molecule has 61 heavy (non-hydrogen) atoms. The molecule has 0 bridgehead atoms. The van der Waals surface area contributed by atoms with E-state index in [0.717, 1.165) is 17.8 Å². The van der Waals surface area contributed by atoms with E-state index in [-0.39, 0.29) is 91.7 Å². The summed E-state index contributed by atoms with van der Waals surface area (Å²) in [7, 11) is 4.24. The molecule has 16 nitrogen and oxygen atoms in total. The van der Waals surface area contributed by atoms with Gasteiger partial charge < -0.3 is 39.7 Å². The number of nitrogens with one attached hydrogen (secondary N) is 3. The van der Waals surface area contributed by atoms with E-state index in [1.54, 1.807) is 0 Å². The summed E-state index contributed by atoms with van der Waals surface area (Å²) in [5, 5.41) is 12.1. The summed E-state index contributed by atoms with van der Waals surface area (Å²) in [6, 6.07) is 8.88. The van der Waals surface area contributed by atoms with E-state index in [1.807, 2.05) is 44.2 Å². The van der Waals surface area contributed by atoms with Crippen molar-refractivity contribution in [3.8, 4) is 11.8 Å². The molecule has 4 aromatic rings. The standard InChI is InChI=1S/C43H52F2N8O8/c1-25(2)19-34-42(58)53(5)33(14-10-11-26(3)44)40(56)48-29(20-27-12-8-7-9-13-27)24-60-35-16-15-31-30(21-28(45)23-47-31)38(35)41(57)49-32(22-37(54)52(34)4)39(55)46-18-17-36-50-43(59-6)51-61-36/h7-9,12-13,15-16,21,23,25,29,32-34H,3,10-11,14,17-20,22,24H2,1-2,4-6H3,(H,46,55)(H,48,56)(H,49,57)/t29-,32+,33-,34+/m1/s1. The maximum atomic E-state index is 14.8. The number of allylic oxidation sites excluding steroid dienone is 1. The molecule has 0 radical (unpaired) electrons. The number of amides is 5. The number of pyridine rings is 1. The summed E-state index contributed by atoms with van der Waals surface area (Å²) in [6.45, 7) is 6.82. The molecule has 5 amide bonds. The highest BCUT2D eigenvalue weighted by Gasteiger charge is 2.37. The van der Waals surface area contributed by atoms with Crippen LogP contribution >= 0.6 is 0 Å². The zero-order valence-electron chi connectivity index (χ0n) is 34.9. The highest BCUT2D eigenvalue weighted by molar-refractivity contribution is 6.10. The van der Waals surface area contributed by atoms with Gasteiger partial charge in [0, 0.05) is 32.4 Å². The van der Waals surface area contributed by atoms with Gasteiger partial charge in [0.05, 0.1) is 42.7 Å². The highest BCUT2D eigenvalue weighted by atomic mass is 19.1. The van der Waals surface area contributed by atoms with Crippen LogP contribution in [-0.2, 0) is 32.0 Å². The average Bonchev–Trinajstić information content (AvgIpc) is 3.69. The molecule has 326 valence electrons. The van der Waals surface area contributed by atoms with Crippen molar-refractivity contribution in [1.82, 2.24) is 40.9 Å². The van der Waals surface area contributed by atoms with Gasteiger partial charge in [0.1, 0.15) is 36.3 Å². The van der Waals surface area contributed by atoms with E-state index >= 15 is 0 Å². The van der Waals surface area contributed by atoms with E-state index in [2.05, 4.69) is 37.7 Å². The van der Waals surface area contributed by atoms with Crippen LogP contribution < -0.4 is 25.4 Å². The molecular formula is C43H52F2N8O8. The van der Waals surface area contributed by atoms with Crippen LogP contribution in [0.1, 0.15) is 67.8 Å². The Bertz CT molecular complexity index is 2200. The molecule has 4 atom stereocenters. The third-order valence-electron chi connectivity index (χ3n) is 10.3. The van der Waals surface area contributed by atoms with Crippen molar-refractivity contribution in [2.45, 2.75) is 83.0 Å². The van der Waals surface area contributed by atoms with Gasteiger partial charge in [-0.15, -0.1) is 0 Å². The van der Waals surface area contributed by atoms with Crippen molar-refractivity contribution < 1.29 is 46.8 Å². The number of halogens is 2. The number of aromatic nitrogens is 3. The Morgan fingerprint density at radius 2 is 1.82 bits per heavy atom. The summed E-state index contributed by atoms with van der Waals surface area (Å²) in [4.78, 5) is 82.1. The van der Waals surface area contributed by atoms with Crippen LogP contribution in [-0.4, -0.2) is 113 Å². The predicted molar refractivity (Wildman–Crippen MR) is 219 cm³/mol. The third kappa shape index (κ3) is 12.3. The molecule has 2 aromatic carbocycles. The minimum Gasteiger partial charge on any atom is -0.491 e. The summed E-state index contributed by atoms with van der Waals surface area (Å²) >= 11 is 0. The Balaban J connectivity index is 1.59. The summed E-state index contributed by atoms with van der Waals surface area (Å²) in [5.74, 6) is -4.74. The van der Waals surface area contributed by atoms with Crippen molar-refractivity contribution in [2.24, 2.45) is 5.92 Å². The Hall–Kier alpha value is -6.46. The lowest BCUT2D eigenvalue weighted by molar-refractivity contribution is -0.149. The van der Waals surface area contributed by atoms with Gasteiger partial charge in [0.2, 0.25) is 29.5 Å². The van der Waals surface area contributed by atoms with Crippen LogP contribution in [0.2, 0.25) is 0 Å². The molecule has 3 N–H and O–H groups in total.